The molecule has 0 spiro atoms. The highest BCUT2D eigenvalue weighted by Crippen LogP contribution is 2.39. The first-order valence-corrected chi connectivity index (χ1v) is 8.59. The number of carbonyl (C=O) groups excluding carboxylic acids is 1. The quantitative estimate of drug-likeness (QED) is 0.583. The summed E-state index contributed by atoms with van der Waals surface area (Å²) >= 11 is 6.00. The van der Waals surface area contributed by atoms with Gasteiger partial charge in [0, 0.05) is 0 Å². The molecule has 0 fully saturated rings. The Bertz CT molecular complexity index is 853. The third-order valence-corrected chi connectivity index (χ3v) is 4.49. The number of aromatic nitrogens is 1. The minimum absolute atomic E-state index is 0.261. The summed E-state index contributed by atoms with van der Waals surface area (Å²) in [6.45, 7) is 3.44. The van der Waals surface area contributed by atoms with Gasteiger partial charge < -0.3 is 10.1 Å². The Balaban J connectivity index is 1.84. The van der Waals surface area contributed by atoms with Gasteiger partial charge in [0.1, 0.15) is 17.0 Å². The molecule has 2 aromatic rings. The maximum atomic E-state index is 12.7. The zero-order valence-corrected chi connectivity index (χ0v) is 14.8. The van der Waals surface area contributed by atoms with E-state index in [-0.39, 0.29) is 17.1 Å². The van der Waals surface area contributed by atoms with E-state index in [2.05, 4.69) is 16.9 Å². The smallest absolute Gasteiger partial charge is 0.416 e. The summed E-state index contributed by atoms with van der Waals surface area (Å²) in [5.74, 6) is -0.00249. The second-order valence-corrected chi connectivity index (χ2v) is 6.47. The molecule has 0 aliphatic heterocycles. The van der Waals surface area contributed by atoms with Crippen molar-refractivity contribution in [3.05, 3.63) is 71.0 Å². The van der Waals surface area contributed by atoms with E-state index in [9.17, 15) is 18.0 Å². The second-order valence-electron chi connectivity index (χ2n) is 6.08. The lowest BCUT2D eigenvalue weighted by Crippen LogP contribution is -2.32. The molecule has 1 aromatic carbocycles. The number of hydrogen-bond donors (Lipinski definition) is 1. The molecule has 0 saturated heterocycles. The van der Waals surface area contributed by atoms with Crippen LogP contribution in [-0.4, -0.2) is 10.9 Å². The standard InChI is InChI=1S/C19H16ClF3N2O2/c1-2-17(26)24-14-8-9-15(18-13(14)7-10-16(20)25-18)27-12-5-3-11(4-6-12)19(21,22)23/h2-7,10,14-15H,1,8-9H2,(H,24,26). The molecule has 1 amide bonds. The molecule has 4 nitrogen and oxygen atoms in total. The third kappa shape index (κ3) is 4.42. The molecule has 3 rings (SSSR count). The first-order valence-electron chi connectivity index (χ1n) is 8.21. The highest BCUT2D eigenvalue weighted by atomic mass is 35.5. The number of benzene rings is 1. The van der Waals surface area contributed by atoms with Gasteiger partial charge in [0.05, 0.1) is 17.3 Å². The van der Waals surface area contributed by atoms with Crippen molar-refractivity contribution in [2.24, 2.45) is 0 Å². The van der Waals surface area contributed by atoms with Gasteiger partial charge in [0.15, 0.2) is 0 Å². The van der Waals surface area contributed by atoms with Crippen molar-refractivity contribution in [2.75, 3.05) is 0 Å². The molecule has 1 aromatic heterocycles. The van der Waals surface area contributed by atoms with Crippen molar-refractivity contribution in [1.29, 1.82) is 0 Å². The molecule has 2 unspecified atom stereocenters. The third-order valence-electron chi connectivity index (χ3n) is 4.28. The lowest BCUT2D eigenvalue weighted by atomic mass is 9.89. The van der Waals surface area contributed by atoms with Gasteiger partial charge in [0.25, 0.3) is 0 Å². The summed E-state index contributed by atoms with van der Waals surface area (Å²) in [6, 6.07) is 7.61. The van der Waals surface area contributed by atoms with E-state index >= 15 is 0 Å². The molecule has 0 bridgehead atoms. The SMILES string of the molecule is C=CC(=O)NC1CCC(Oc2ccc(C(F)(F)F)cc2)c2nc(Cl)ccc21. The fourth-order valence-corrected chi connectivity index (χ4v) is 3.16. The Labute approximate surface area is 159 Å². The molecule has 8 heteroatoms. The van der Waals surface area contributed by atoms with Crippen LogP contribution in [-0.2, 0) is 11.0 Å². The normalized spacial score (nSPS) is 19.1. The van der Waals surface area contributed by atoms with Crippen LogP contribution in [0.15, 0.2) is 49.1 Å². The monoisotopic (exact) mass is 396 g/mol. The van der Waals surface area contributed by atoms with Crippen LogP contribution in [0.2, 0.25) is 5.15 Å². The minimum atomic E-state index is -4.40. The van der Waals surface area contributed by atoms with E-state index in [0.717, 1.165) is 17.7 Å². The molecule has 1 aliphatic rings. The van der Waals surface area contributed by atoms with Crippen molar-refractivity contribution in [3.63, 3.8) is 0 Å². The van der Waals surface area contributed by atoms with Crippen molar-refractivity contribution in [1.82, 2.24) is 10.3 Å². The number of carbonyl (C=O) groups is 1. The number of amides is 1. The first kappa shape index (κ1) is 19.2. The van der Waals surface area contributed by atoms with Crippen LogP contribution in [0.3, 0.4) is 0 Å². The van der Waals surface area contributed by atoms with E-state index in [1.54, 1.807) is 12.1 Å². The number of pyridine rings is 1. The summed E-state index contributed by atoms with van der Waals surface area (Å²) in [5, 5.41) is 3.10. The van der Waals surface area contributed by atoms with Crippen molar-refractivity contribution in [3.8, 4) is 5.75 Å². The number of nitrogens with one attached hydrogen (secondary N) is 1. The van der Waals surface area contributed by atoms with Crippen molar-refractivity contribution < 1.29 is 22.7 Å². The number of hydrogen-bond acceptors (Lipinski definition) is 3. The Hall–Kier alpha value is -2.54. The Morgan fingerprint density at radius 3 is 2.56 bits per heavy atom. The van der Waals surface area contributed by atoms with Crippen LogP contribution in [0, 0.1) is 0 Å². The number of alkyl halides is 3. The van der Waals surface area contributed by atoms with Gasteiger partial charge in [-0.1, -0.05) is 24.2 Å². The van der Waals surface area contributed by atoms with Crippen LogP contribution >= 0.6 is 11.6 Å². The van der Waals surface area contributed by atoms with Gasteiger partial charge in [-0.15, -0.1) is 0 Å². The van der Waals surface area contributed by atoms with Crippen LogP contribution in [0.5, 0.6) is 5.75 Å². The Kier molecular flexibility index (Phi) is 5.41. The average molecular weight is 397 g/mol. The lowest BCUT2D eigenvalue weighted by Gasteiger charge is -2.31. The molecule has 27 heavy (non-hydrogen) atoms. The summed E-state index contributed by atoms with van der Waals surface area (Å²) in [5.41, 5.74) is 0.577. The molecule has 1 aliphatic carbocycles. The lowest BCUT2D eigenvalue weighted by molar-refractivity contribution is -0.137. The molecule has 142 valence electrons. The molecule has 1 heterocycles. The summed E-state index contributed by atoms with van der Waals surface area (Å²) < 4.78 is 43.9. The summed E-state index contributed by atoms with van der Waals surface area (Å²) in [6.07, 6.45) is -2.59. The van der Waals surface area contributed by atoms with E-state index in [1.165, 1.54) is 18.2 Å². The van der Waals surface area contributed by atoms with Crippen LogP contribution in [0.1, 0.15) is 41.8 Å². The van der Waals surface area contributed by atoms with E-state index in [4.69, 9.17) is 16.3 Å². The summed E-state index contributed by atoms with van der Waals surface area (Å²) in [7, 11) is 0. The molecule has 0 saturated carbocycles. The number of ether oxygens (including phenoxy) is 1. The minimum Gasteiger partial charge on any atom is -0.484 e. The number of nitrogens with zero attached hydrogens (tertiary/aromatic N) is 1. The van der Waals surface area contributed by atoms with E-state index < -0.39 is 17.8 Å². The van der Waals surface area contributed by atoms with Crippen molar-refractivity contribution >= 4 is 17.5 Å². The zero-order chi connectivity index (χ0) is 19.6. The van der Waals surface area contributed by atoms with Gasteiger partial charge >= 0.3 is 6.18 Å². The zero-order valence-electron chi connectivity index (χ0n) is 14.1. The maximum Gasteiger partial charge on any atom is 0.416 e. The first-order chi connectivity index (χ1) is 12.8. The van der Waals surface area contributed by atoms with E-state index in [0.29, 0.717) is 24.3 Å². The van der Waals surface area contributed by atoms with Gasteiger partial charge in [0.2, 0.25) is 5.91 Å². The van der Waals surface area contributed by atoms with Gasteiger partial charge in [-0.2, -0.15) is 13.2 Å². The van der Waals surface area contributed by atoms with Gasteiger partial charge in [-0.3, -0.25) is 4.79 Å². The number of fused-ring (bicyclic) bond motifs is 1. The molecule has 1 N–H and O–H groups in total. The number of rotatable bonds is 4. The topological polar surface area (TPSA) is 51.2 Å². The highest BCUT2D eigenvalue weighted by molar-refractivity contribution is 6.29. The predicted molar refractivity (Wildman–Crippen MR) is 94.4 cm³/mol. The largest absolute Gasteiger partial charge is 0.484 e. The van der Waals surface area contributed by atoms with E-state index in [1.807, 2.05) is 0 Å². The average Bonchev–Trinajstić information content (AvgIpc) is 2.63. The summed E-state index contributed by atoms with van der Waals surface area (Å²) in [4.78, 5) is 16.0. The fraction of sp³-hybridized carbons (Fsp3) is 0.263. The van der Waals surface area contributed by atoms with Gasteiger partial charge in [-0.25, -0.2) is 4.98 Å². The van der Waals surface area contributed by atoms with Gasteiger partial charge in [-0.05, 0) is 54.8 Å². The molecule has 2 atom stereocenters. The second kappa shape index (κ2) is 7.60. The fourth-order valence-electron chi connectivity index (χ4n) is 3.01. The Morgan fingerprint density at radius 1 is 1.22 bits per heavy atom. The molecular formula is C19H16ClF3N2O2. The van der Waals surface area contributed by atoms with Crippen LogP contribution in [0.25, 0.3) is 0 Å². The maximum absolute atomic E-state index is 12.7. The predicted octanol–water partition coefficient (Wildman–Crippen LogP) is 5.01. The van der Waals surface area contributed by atoms with Crippen LogP contribution < -0.4 is 10.1 Å². The molecule has 0 radical (unpaired) electrons. The molecular weight excluding hydrogens is 381 g/mol. The van der Waals surface area contributed by atoms with Crippen LogP contribution in [0.4, 0.5) is 13.2 Å². The highest BCUT2D eigenvalue weighted by Gasteiger charge is 2.32. The Morgan fingerprint density at radius 2 is 1.93 bits per heavy atom. The number of halogens is 4. The van der Waals surface area contributed by atoms with Crippen molar-refractivity contribution in [2.45, 2.75) is 31.2 Å².